The molecule has 4 heteroatoms. The Kier molecular flexibility index (Phi) is 4.32. The van der Waals surface area contributed by atoms with Crippen molar-refractivity contribution in [2.45, 2.75) is 32.9 Å². The zero-order valence-corrected chi connectivity index (χ0v) is 9.84. The molecule has 0 atom stereocenters. The number of benzene rings is 1. The molecule has 0 aliphatic rings. The van der Waals surface area contributed by atoms with Crippen molar-refractivity contribution in [2.75, 3.05) is 0 Å². The fourth-order valence-corrected chi connectivity index (χ4v) is 1.63. The highest BCUT2D eigenvalue weighted by Gasteiger charge is 2.31. The molecule has 0 aliphatic carbocycles. The van der Waals surface area contributed by atoms with E-state index >= 15 is 0 Å². The number of alkyl halides is 3. The van der Waals surface area contributed by atoms with Crippen LogP contribution in [0.3, 0.4) is 0 Å². The fraction of sp³-hybridized carbons (Fsp3) is 0.462. The van der Waals surface area contributed by atoms with Crippen molar-refractivity contribution >= 4 is 5.78 Å². The summed E-state index contributed by atoms with van der Waals surface area (Å²) in [5.74, 6) is -0.467. The van der Waals surface area contributed by atoms with Crippen molar-refractivity contribution in [1.82, 2.24) is 0 Å². The summed E-state index contributed by atoms with van der Waals surface area (Å²) in [7, 11) is 0. The van der Waals surface area contributed by atoms with Crippen LogP contribution in [0.4, 0.5) is 13.2 Å². The zero-order valence-electron chi connectivity index (χ0n) is 9.84. The molecule has 0 spiro atoms. The van der Waals surface area contributed by atoms with Gasteiger partial charge in [0.15, 0.2) is 5.78 Å². The highest BCUT2D eigenvalue weighted by Crippen LogP contribution is 2.22. The molecule has 0 aromatic heterocycles. The van der Waals surface area contributed by atoms with E-state index < -0.39 is 18.4 Å². The molecule has 1 aromatic carbocycles. The molecule has 1 rings (SSSR count). The molecule has 0 saturated carbocycles. The SMILES string of the molecule is CC(C)Cc1cccc(C(=O)CC(F)(F)F)c1. The first-order chi connectivity index (χ1) is 7.78. The number of hydrogen-bond acceptors (Lipinski definition) is 1. The predicted molar refractivity (Wildman–Crippen MR) is 60.0 cm³/mol. The topological polar surface area (TPSA) is 17.1 Å². The number of Topliss-reactive ketones (excluding diaryl/α,β-unsaturated/α-hetero) is 1. The summed E-state index contributed by atoms with van der Waals surface area (Å²) < 4.78 is 36.2. The number of hydrogen-bond donors (Lipinski definition) is 0. The van der Waals surface area contributed by atoms with E-state index in [9.17, 15) is 18.0 Å². The molecular weight excluding hydrogens is 229 g/mol. The van der Waals surface area contributed by atoms with Crippen LogP contribution >= 0.6 is 0 Å². The average molecular weight is 244 g/mol. The van der Waals surface area contributed by atoms with Gasteiger partial charge in [0, 0.05) is 5.56 Å². The molecule has 0 radical (unpaired) electrons. The van der Waals surface area contributed by atoms with Gasteiger partial charge in [0.25, 0.3) is 0 Å². The van der Waals surface area contributed by atoms with Crippen molar-refractivity contribution in [3.8, 4) is 0 Å². The van der Waals surface area contributed by atoms with Crippen molar-refractivity contribution < 1.29 is 18.0 Å². The van der Waals surface area contributed by atoms with Crippen LogP contribution in [0.2, 0.25) is 0 Å². The van der Waals surface area contributed by atoms with E-state index in [-0.39, 0.29) is 5.56 Å². The molecule has 0 heterocycles. The van der Waals surface area contributed by atoms with Crippen molar-refractivity contribution in [3.63, 3.8) is 0 Å². The van der Waals surface area contributed by atoms with E-state index in [1.165, 1.54) is 6.07 Å². The maximum absolute atomic E-state index is 12.1. The Balaban J connectivity index is 2.81. The number of carbonyl (C=O) groups excluding carboxylic acids is 1. The first-order valence-corrected chi connectivity index (χ1v) is 5.47. The second kappa shape index (κ2) is 5.34. The summed E-state index contributed by atoms with van der Waals surface area (Å²) in [5, 5.41) is 0. The molecule has 17 heavy (non-hydrogen) atoms. The van der Waals surface area contributed by atoms with Gasteiger partial charge in [0.05, 0.1) is 0 Å². The molecule has 0 bridgehead atoms. The fourth-order valence-electron chi connectivity index (χ4n) is 1.63. The Bertz CT molecular complexity index is 394. The average Bonchev–Trinajstić information content (AvgIpc) is 2.14. The third-order valence-electron chi connectivity index (χ3n) is 2.25. The second-order valence-corrected chi connectivity index (χ2v) is 4.51. The number of ketones is 1. The van der Waals surface area contributed by atoms with Crippen LogP contribution in [-0.4, -0.2) is 12.0 Å². The monoisotopic (exact) mass is 244 g/mol. The Hall–Kier alpha value is -1.32. The third kappa shape index (κ3) is 5.02. The van der Waals surface area contributed by atoms with Gasteiger partial charge in [-0.15, -0.1) is 0 Å². The van der Waals surface area contributed by atoms with E-state index in [2.05, 4.69) is 0 Å². The Morgan fingerprint density at radius 3 is 2.47 bits per heavy atom. The lowest BCUT2D eigenvalue weighted by Gasteiger charge is -2.08. The Labute approximate surface area is 98.6 Å². The van der Waals surface area contributed by atoms with Gasteiger partial charge in [-0.05, 0) is 24.0 Å². The predicted octanol–water partition coefficient (Wildman–Crippen LogP) is 4.02. The van der Waals surface area contributed by atoms with Crippen LogP contribution in [0, 0.1) is 5.92 Å². The summed E-state index contributed by atoms with van der Waals surface area (Å²) in [6.07, 6.45) is -5.07. The van der Waals surface area contributed by atoms with Gasteiger partial charge >= 0.3 is 6.18 Å². The third-order valence-corrected chi connectivity index (χ3v) is 2.25. The molecule has 0 N–H and O–H groups in total. The van der Waals surface area contributed by atoms with Gasteiger partial charge in [-0.1, -0.05) is 32.0 Å². The molecule has 0 fully saturated rings. The standard InChI is InChI=1S/C13H15F3O/c1-9(2)6-10-4-3-5-11(7-10)12(17)8-13(14,15)16/h3-5,7,9H,6,8H2,1-2H3. The summed E-state index contributed by atoms with van der Waals surface area (Å²) in [4.78, 5) is 11.4. The lowest BCUT2D eigenvalue weighted by Crippen LogP contribution is -2.15. The smallest absolute Gasteiger partial charge is 0.294 e. The zero-order chi connectivity index (χ0) is 13.1. The van der Waals surface area contributed by atoms with Crippen LogP contribution in [0.25, 0.3) is 0 Å². The van der Waals surface area contributed by atoms with Crippen LogP contribution in [0.5, 0.6) is 0 Å². The summed E-state index contributed by atoms with van der Waals surface area (Å²) >= 11 is 0. The summed E-state index contributed by atoms with van der Waals surface area (Å²) in [5.41, 5.74) is 1.04. The van der Waals surface area contributed by atoms with Crippen molar-refractivity contribution in [1.29, 1.82) is 0 Å². The lowest BCUT2D eigenvalue weighted by atomic mass is 9.99. The quantitative estimate of drug-likeness (QED) is 0.731. The van der Waals surface area contributed by atoms with Gasteiger partial charge in [0.1, 0.15) is 6.42 Å². The molecule has 1 aromatic rings. The molecule has 0 amide bonds. The minimum Gasteiger partial charge on any atom is -0.294 e. The molecule has 0 aliphatic heterocycles. The largest absolute Gasteiger partial charge is 0.396 e. The van der Waals surface area contributed by atoms with Crippen LogP contribution < -0.4 is 0 Å². The van der Waals surface area contributed by atoms with Crippen molar-refractivity contribution in [2.24, 2.45) is 5.92 Å². The van der Waals surface area contributed by atoms with Gasteiger partial charge in [-0.2, -0.15) is 13.2 Å². The molecule has 1 nitrogen and oxygen atoms in total. The Morgan fingerprint density at radius 2 is 1.94 bits per heavy atom. The van der Waals surface area contributed by atoms with Gasteiger partial charge in [-0.25, -0.2) is 0 Å². The van der Waals surface area contributed by atoms with Gasteiger partial charge < -0.3 is 0 Å². The van der Waals surface area contributed by atoms with E-state index in [1.807, 2.05) is 19.9 Å². The summed E-state index contributed by atoms with van der Waals surface area (Å²) in [6, 6.07) is 6.43. The maximum Gasteiger partial charge on any atom is 0.396 e. The molecule has 94 valence electrons. The normalized spacial score (nSPS) is 11.9. The van der Waals surface area contributed by atoms with Gasteiger partial charge in [0.2, 0.25) is 0 Å². The molecule has 0 saturated heterocycles. The second-order valence-electron chi connectivity index (χ2n) is 4.51. The Morgan fingerprint density at radius 1 is 1.29 bits per heavy atom. The lowest BCUT2D eigenvalue weighted by molar-refractivity contribution is -0.125. The number of halogens is 3. The van der Waals surface area contributed by atoms with Crippen LogP contribution in [0.15, 0.2) is 24.3 Å². The van der Waals surface area contributed by atoms with Crippen LogP contribution in [0.1, 0.15) is 36.2 Å². The van der Waals surface area contributed by atoms with E-state index in [0.29, 0.717) is 5.92 Å². The van der Waals surface area contributed by atoms with Gasteiger partial charge in [-0.3, -0.25) is 4.79 Å². The number of carbonyl (C=O) groups is 1. The molecular formula is C13H15F3O. The maximum atomic E-state index is 12.1. The highest BCUT2D eigenvalue weighted by atomic mass is 19.4. The first-order valence-electron chi connectivity index (χ1n) is 5.47. The van der Waals surface area contributed by atoms with E-state index in [0.717, 1.165) is 12.0 Å². The highest BCUT2D eigenvalue weighted by molar-refractivity contribution is 5.96. The van der Waals surface area contributed by atoms with Crippen LogP contribution in [-0.2, 0) is 6.42 Å². The molecule has 0 unspecified atom stereocenters. The number of rotatable bonds is 4. The first kappa shape index (κ1) is 13.7. The van der Waals surface area contributed by atoms with E-state index in [4.69, 9.17) is 0 Å². The summed E-state index contributed by atoms with van der Waals surface area (Å²) in [6.45, 7) is 4.04. The van der Waals surface area contributed by atoms with Crippen molar-refractivity contribution in [3.05, 3.63) is 35.4 Å². The minimum atomic E-state index is -4.44. The minimum absolute atomic E-state index is 0.139. The van der Waals surface area contributed by atoms with E-state index in [1.54, 1.807) is 12.1 Å².